The summed E-state index contributed by atoms with van der Waals surface area (Å²) in [5, 5.41) is 13.8. The van der Waals surface area contributed by atoms with Gasteiger partial charge >= 0.3 is 6.18 Å². The van der Waals surface area contributed by atoms with Crippen LogP contribution in [0.4, 0.5) is 24.5 Å². The molecule has 2 aromatic rings. The number of aryl methyl sites for hydroxylation is 1. The van der Waals surface area contributed by atoms with Gasteiger partial charge in [-0.2, -0.15) is 18.4 Å². The molecule has 180 valence electrons. The van der Waals surface area contributed by atoms with E-state index in [-0.39, 0.29) is 24.1 Å². The quantitative estimate of drug-likeness (QED) is 0.588. The molecule has 3 N–H and O–H groups in total. The summed E-state index contributed by atoms with van der Waals surface area (Å²) in [6.45, 7) is 3.63. The highest BCUT2D eigenvalue weighted by molar-refractivity contribution is 5.96. The van der Waals surface area contributed by atoms with E-state index in [0.29, 0.717) is 36.3 Å². The number of alkyl halides is 3. The molecule has 1 aromatic carbocycles. The van der Waals surface area contributed by atoms with E-state index in [4.69, 9.17) is 10.00 Å². The maximum Gasteiger partial charge on any atom is 0.418 e. The summed E-state index contributed by atoms with van der Waals surface area (Å²) in [6.07, 6.45) is -4.33. The summed E-state index contributed by atoms with van der Waals surface area (Å²) in [4.78, 5) is 39.0. The number of anilines is 2. The van der Waals surface area contributed by atoms with Crippen LogP contribution in [-0.2, 0) is 26.9 Å². The molecule has 11 heteroatoms. The van der Waals surface area contributed by atoms with Gasteiger partial charge in [-0.3, -0.25) is 14.4 Å². The van der Waals surface area contributed by atoms with Gasteiger partial charge in [0.1, 0.15) is 17.7 Å². The van der Waals surface area contributed by atoms with Crippen LogP contribution < -0.4 is 16.2 Å². The largest absolute Gasteiger partial charge is 0.418 e. The van der Waals surface area contributed by atoms with Crippen molar-refractivity contribution in [2.75, 3.05) is 17.2 Å². The van der Waals surface area contributed by atoms with Crippen LogP contribution in [0.25, 0.3) is 0 Å². The number of nitriles is 1. The molecule has 34 heavy (non-hydrogen) atoms. The average molecular weight is 476 g/mol. The monoisotopic (exact) mass is 476 g/mol. The van der Waals surface area contributed by atoms with Crippen LogP contribution >= 0.6 is 0 Å². The zero-order valence-corrected chi connectivity index (χ0v) is 18.6. The third kappa shape index (κ3) is 5.63. The van der Waals surface area contributed by atoms with E-state index in [0.717, 1.165) is 12.1 Å². The van der Waals surface area contributed by atoms with Gasteiger partial charge in [0, 0.05) is 24.4 Å². The van der Waals surface area contributed by atoms with Crippen molar-refractivity contribution in [3.8, 4) is 6.07 Å². The molecule has 0 saturated carbocycles. The van der Waals surface area contributed by atoms with Gasteiger partial charge in [0.15, 0.2) is 0 Å². The Morgan fingerprint density at radius 2 is 2.00 bits per heavy atom. The lowest BCUT2D eigenvalue weighted by Gasteiger charge is -2.17. The maximum absolute atomic E-state index is 13.6. The van der Waals surface area contributed by atoms with Gasteiger partial charge in [0.2, 0.25) is 5.91 Å². The Hall–Kier alpha value is -3.65. The molecule has 8 nitrogen and oxygen atoms in total. The Morgan fingerprint density at radius 3 is 2.62 bits per heavy atom. The number of hydrogen-bond donors (Lipinski definition) is 3. The number of amides is 2. The predicted octanol–water partition coefficient (Wildman–Crippen LogP) is 3.57. The molecular formula is C23H23F3N4O4. The number of carbonyl (C=O) groups is 2. The normalized spacial score (nSPS) is 15.6. The van der Waals surface area contributed by atoms with Crippen LogP contribution in [0.15, 0.2) is 23.0 Å². The SMILES string of the molecule is Cc1[nH]c(=O)c(C#N)c(C)c1CCC(=O)Nc1ccc(NC(=O)C2CCCO2)cc1C(F)(F)F. The zero-order valence-electron chi connectivity index (χ0n) is 18.6. The molecule has 0 aliphatic carbocycles. The Kier molecular flexibility index (Phi) is 7.41. The Labute approximate surface area is 193 Å². The van der Waals surface area contributed by atoms with Gasteiger partial charge in [-0.1, -0.05) is 0 Å². The highest BCUT2D eigenvalue weighted by Crippen LogP contribution is 2.37. The Bertz CT molecular complexity index is 1210. The van der Waals surface area contributed by atoms with Gasteiger partial charge in [0.25, 0.3) is 11.5 Å². The number of halogens is 3. The fourth-order valence-electron chi connectivity index (χ4n) is 3.84. The van der Waals surface area contributed by atoms with Crippen LogP contribution in [-0.4, -0.2) is 29.5 Å². The first kappa shape index (κ1) is 25.0. The Morgan fingerprint density at radius 1 is 1.26 bits per heavy atom. The average Bonchev–Trinajstić information content (AvgIpc) is 3.29. The fraction of sp³-hybridized carbons (Fsp3) is 0.391. The van der Waals surface area contributed by atoms with Crippen LogP contribution in [0.5, 0.6) is 0 Å². The van der Waals surface area contributed by atoms with Gasteiger partial charge in [-0.15, -0.1) is 0 Å². The number of pyridine rings is 1. The molecule has 1 atom stereocenters. The first-order valence-electron chi connectivity index (χ1n) is 10.6. The van der Waals surface area contributed by atoms with Gasteiger partial charge in [-0.25, -0.2) is 0 Å². The van der Waals surface area contributed by atoms with Gasteiger partial charge in [0.05, 0.1) is 11.3 Å². The van der Waals surface area contributed by atoms with Crippen LogP contribution in [0, 0.1) is 25.2 Å². The van der Waals surface area contributed by atoms with E-state index in [9.17, 15) is 27.6 Å². The number of aromatic amines is 1. The summed E-state index contributed by atoms with van der Waals surface area (Å²) in [6, 6.07) is 4.92. The molecule has 1 unspecified atom stereocenters. The minimum Gasteiger partial charge on any atom is -0.368 e. The number of benzene rings is 1. The summed E-state index contributed by atoms with van der Waals surface area (Å²) in [5.74, 6) is -1.20. The van der Waals surface area contributed by atoms with Crippen molar-refractivity contribution in [2.24, 2.45) is 0 Å². The lowest BCUT2D eigenvalue weighted by molar-refractivity contribution is -0.137. The van der Waals surface area contributed by atoms with E-state index in [1.165, 1.54) is 6.07 Å². The van der Waals surface area contributed by atoms with Crippen molar-refractivity contribution in [2.45, 2.75) is 51.8 Å². The number of hydrogen-bond acceptors (Lipinski definition) is 5. The molecule has 3 rings (SSSR count). The summed E-state index contributed by atoms with van der Waals surface area (Å²) in [5.41, 5.74) is -0.720. The minimum atomic E-state index is -4.78. The van der Waals surface area contributed by atoms with Crippen LogP contribution in [0.2, 0.25) is 0 Å². The van der Waals surface area contributed by atoms with Crippen molar-refractivity contribution in [1.82, 2.24) is 4.98 Å². The van der Waals surface area contributed by atoms with Crippen molar-refractivity contribution in [3.05, 3.63) is 56.5 Å². The number of nitrogens with zero attached hydrogens (tertiary/aromatic N) is 1. The molecule has 2 amide bonds. The molecule has 0 spiro atoms. The molecule has 1 fully saturated rings. The van der Waals surface area contributed by atoms with Crippen molar-refractivity contribution in [1.29, 1.82) is 5.26 Å². The summed E-state index contributed by atoms with van der Waals surface area (Å²) < 4.78 is 46.2. The standard InChI is InChI=1S/C23H23F3N4O4/c1-12-15(13(2)28-21(32)16(12)11-27)6-8-20(31)30-18-7-5-14(10-17(18)23(24,25)26)29-22(33)19-4-3-9-34-19/h5,7,10,19H,3-4,6,8-9H2,1-2H3,(H,28,32)(H,29,33)(H,30,31). The van der Waals surface area contributed by atoms with Crippen LogP contribution in [0.1, 0.15) is 47.2 Å². The van der Waals surface area contributed by atoms with E-state index in [2.05, 4.69) is 15.6 Å². The van der Waals surface area contributed by atoms with Gasteiger partial charge < -0.3 is 20.4 Å². The fourth-order valence-corrected chi connectivity index (χ4v) is 3.84. The highest BCUT2D eigenvalue weighted by atomic mass is 19.4. The second-order valence-electron chi connectivity index (χ2n) is 7.97. The number of nitrogens with one attached hydrogen (secondary N) is 3. The minimum absolute atomic E-state index is 0.0608. The second-order valence-corrected chi connectivity index (χ2v) is 7.97. The number of H-pyrrole nitrogens is 1. The van der Waals surface area contributed by atoms with E-state index < -0.39 is 40.9 Å². The second kappa shape index (κ2) is 10.1. The lowest BCUT2D eigenvalue weighted by atomic mass is 9.99. The van der Waals surface area contributed by atoms with E-state index in [1.54, 1.807) is 13.8 Å². The number of carbonyl (C=O) groups excluding carboxylic acids is 2. The summed E-state index contributed by atoms with van der Waals surface area (Å²) in [7, 11) is 0. The van der Waals surface area contributed by atoms with E-state index in [1.807, 2.05) is 6.07 Å². The molecule has 1 aliphatic heterocycles. The van der Waals surface area contributed by atoms with Gasteiger partial charge in [-0.05, 0) is 62.4 Å². The predicted molar refractivity (Wildman–Crippen MR) is 117 cm³/mol. The smallest absolute Gasteiger partial charge is 0.368 e. The Balaban J connectivity index is 1.74. The van der Waals surface area contributed by atoms with Crippen molar-refractivity contribution >= 4 is 23.2 Å². The van der Waals surface area contributed by atoms with Crippen molar-refractivity contribution < 1.29 is 27.5 Å². The third-order valence-corrected chi connectivity index (χ3v) is 5.61. The molecule has 1 saturated heterocycles. The maximum atomic E-state index is 13.6. The van der Waals surface area contributed by atoms with Crippen LogP contribution in [0.3, 0.4) is 0 Å². The number of ether oxygens (including phenoxy) is 1. The lowest BCUT2D eigenvalue weighted by Crippen LogP contribution is -2.27. The number of rotatable bonds is 6. The molecule has 1 aromatic heterocycles. The first-order chi connectivity index (χ1) is 16.0. The van der Waals surface area contributed by atoms with E-state index >= 15 is 0 Å². The zero-order chi connectivity index (χ0) is 25.0. The van der Waals surface area contributed by atoms with Crippen molar-refractivity contribution in [3.63, 3.8) is 0 Å². The molecule has 2 heterocycles. The molecule has 0 radical (unpaired) electrons. The molecular weight excluding hydrogens is 453 g/mol. The topological polar surface area (TPSA) is 124 Å². The first-order valence-corrected chi connectivity index (χ1v) is 10.6. The summed E-state index contributed by atoms with van der Waals surface area (Å²) >= 11 is 0. The third-order valence-electron chi connectivity index (χ3n) is 5.61. The number of aromatic nitrogens is 1. The molecule has 0 bridgehead atoms. The molecule has 1 aliphatic rings. The highest BCUT2D eigenvalue weighted by Gasteiger charge is 2.35.